The van der Waals surface area contributed by atoms with Crippen LogP contribution in [0.1, 0.15) is 29.4 Å². The SMILES string of the molecule is CCC(=O)c1cc(-c2ccc(Cl)cc2)n(-c2cccc(S(C)(=O)=O)c2)c1C. The number of sulfone groups is 1. The standard InChI is InChI=1S/C21H20ClNO3S/c1-4-21(24)19-13-20(15-8-10-16(22)11-9-15)23(14(19)2)17-6-5-7-18(12-17)27(3,25)26/h5-13H,4H2,1-3H3. The van der Waals surface area contributed by atoms with E-state index in [1.165, 1.54) is 6.26 Å². The summed E-state index contributed by atoms with van der Waals surface area (Å²) in [5.74, 6) is 0.0423. The van der Waals surface area contributed by atoms with Crippen LogP contribution < -0.4 is 0 Å². The average molecular weight is 402 g/mol. The second-order valence-corrected chi connectivity index (χ2v) is 8.87. The lowest BCUT2D eigenvalue weighted by Gasteiger charge is -2.13. The summed E-state index contributed by atoms with van der Waals surface area (Å²) in [6.45, 7) is 3.70. The summed E-state index contributed by atoms with van der Waals surface area (Å²) < 4.78 is 25.9. The Labute approximate surface area is 164 Å². The number of ketones is 1. The van der Waals surface area contributed by atoms with Gasteiger partial charge < -0.3 is 4.57 Å². The lowest BCUT2D eigenvalue weighted by Crippen LogP contribution is -2.04. The van der Waals surface area contributed by atoms with Gasteiger partial charge in [-0.15, -0.1) is 0 Å². The molecule has 140 valence electrons. The molecule has 0 saturated heterocycles. The van der Waals surface area contributed by atoms with Gasteiger partial charge in [0.1, 0.15) is 0 Å². The molecule has 27 heavy (non-hydrogen) atoms. The first-order valence-corrected chi connectivity index (χ1v) is 10.8. The van der Waals surface area contributed by atoms with Gasteiger partial charge in [-0.3, -0.25) is 4.79 Å². The molecule has 0 N–H and O–H groups in total. The number of halogens is 1. The van der Waals surface area contributed by atoms with Crippen LogP contribution in [0.15, 0.2) is 59.5 Å². The molecule has 0 aliphatic carbocycles. The molecule has 0 aliphatic heterocycles. The average Bonchev–Trinajstić information content (AvgIpc) is 2.98. The molecule has 0 amide bonds. The molecule has 6 heteroatoms. The first-order chi connectivity index (χ1) is 12.7. The van der Waals surface area contributed by atoms with E-state index >= 15 is 0 Å². The highest BCUT2D eigenvalue weighted by Crippen LogP contribution is 2.31. The minimum Gasteiger partial charge on any atom is -0.313 e. The van der Waals surface area contributed by atoms with Crippen LogP contribution in [0.5, 0.6) is 0 Å². The first kappa shape index (κ1) is 19.4. The highest BCUT2D eigenvalue weighted by atomic mass is 35.5. The Morgan fingerprint density at radius 2 is 1.74 bits per heavy atom. The second kappa shape index (κ2) is 7.33. The number of benzene rings is 2. The van der Waals surface area contributed by atoms with E-state index in [0.717, 1.165) is 17.0 Å². The van der Waals surface area contributed by atoms with Crippen molar-refractivity contribution in [2.24, 2.45) is 0 Å². The maximum atomic E-state index is 12.4. The fourth-order valence-corrected chi connectivity index (χ4v) is 3.89. The number of carbonyl (C=O) groups is 1. The van der Waals surface area contributed by atoms with E-state index in [1.807, 2.05) is 42.7 Å². The van der Waals surface area contributed by atoms with Gasteiger partial charge >= 0.3 is 0 Å². The van der Waals surface area contributed by atoms with E-state index in [0.29, 0.717) is 22.7 Å². The fraction of sp³-hybridized carbons (Fsp3) is 0.190. The third-order valence-corrected chi connectivity index (χ3v) is 5.87. The van der Waals surface area contributed by atoms with E-state index in [1.54, 1.807) is 30.3 Å². The molecule has 0 fully saturated rings. The molecule has 3 rings (SSSR count). The quantitative estimate of drug-likeness (QED) is 0.558. The second-order valence-electron chi connectivity index (χ2n) is 6.42. The van der Waals surface area contributed by atoms with Gasteiger partial charge in [-0.05, 0) is 48.9 Å². The van der Waals surface area contributed by atoms with Gasteiger partial charge in [0.05, 0.1) is 10.6 Å². The normalized spacial score (nSPS) is 11.6. The van der Waals surface area contributed by atoms with Crippen LogP contribution in [0, 0.1) is 6.92 Å². The Hall–Kier alpha value is -2.37. The van der Waals surface area contributed by atoms with Crippen molar-refractivity contribution in [3.8, 4) is 16.9 Å². The third-order valence-electron chi connectivity index (χ3n) is 4.51. The van der Waals surface area contributed by atoms with Crippen molar-refractivity contribution in [2.45, 2.75) is 25.2 Å². The van der Waals surface area contributed by atoms with Crippen molar-refractivity contribution < 1.29 is 13.2 Å². The highest BCUT2D eigenvalue weighted by molar-refractivity contribution is 7.90. The van der Waals surface area contributed by atoms with Crippen LogP contribution in [0.3, 0.4) is 0 Å². The van der Waals surface area contributed by atoms with Gasteiger partial charge in [0.25, 0.3) is 0 Å². The number of rotatable bonds is 5. The largest absolute Gasteiger partial charge is 0.313 e. The molecule has 0 spiro atoms. The van der Waals surface area contributed by atoms with Gasteiger partial charge in [0, 0.05) is 34.6 Å². The predicted molar refractivity (Wildman–Crippen MR) is 109 cm³/mol. The Morgan fingerprint density at radius 3 is 2.33 bits per heavy atom. The van der Waals surface area contributed by atoms with E-state index in [-0.39, 0.29) is 10.7 Å². The molecule has 0 bridgehead atoms. The molecular formula is C21H20ClNO3S. The number of nitrogens with zero attached hydrogens (tertiary/aromatic N) is 1. The fourth-order valence-electron chi connectivity index (χ4n) is 3.10. The molecule has 0 saturated carbocycles. The van der Waals surface area contributed by atoms with Crippen molar-refractivity contribution in [1.82, 2.24) is 4.57 Å². The van der Waals surface area contributed by atoms with Crippen LogP contribution in [0.4, 0.5) is 0 Å². The van der Waals surface area contributed by atoms with Gasteiger partial charge in [0.2, 0.25) is 0 Å². The number of carbonyl (C=O) groups excluding carboxylic acids is 1. The summed E-state index contributed by atoms with van der Waals surface area (Å²) in [6, 6.07) is 15.9. The van der Waals surface area contributed by atoms with Gasteiger partial charge in [-0.1, -0.05) is 36.7 Å². The lowest BCUT2D eigenvalue weighted by atomic mass is 10.1. The molecular weight excluding hydrogens is 382 g/mol. The summed E-state index contributed by atoms with van der Waals surface area (Å²) in [6.07, 6.45) is 1.58. The number of Topliss-reactive ketones (excluding diaryl/α,β-unsaturated/α-hetero) is 1. The van der Waals surface area contributed by atoms with E-state index < -0.39 is 9.84 Å². The molecule has 0 unspecified atom stereocenters. The van der Waals surface area contributed by atoms with Crippen LogP contribution in [0.2, 0.25) is 5.02 Å². The first-order valence-electron chi connectivity index (χ1n) is 8.54. The van der Waals surface area contributed by atoms with Crippen molar-refractivity contribution in [2.75, 3.05) is 6.26 Å². The van der Waals surface area contributed by atoms with Gasteiger partial charge in [-0.2, -0.15) is 0 Å². The summed E-state index contributed by atoms with van der Waals surface area (Å²) in [5.41, 5.74) is 3.80. The molecule has 2 aromatic carbocycles. The Balaban J connectivity index is 2.29. The predicted octanol–water partition coefficient (Wildman–Crippen LogP) is 5.10. The number of hydrogen-bond donors (Lipinski definition) is 0. The molecule has 1 aromatic heterocycles. The van der Waals surface area contributed by atoms with Crippen LogP contribution in [0.25, 0.3) is 16.9 Å². The molecule has 0 radical (unpaired) electrons. The monoisotopic (exact) mass is 401 g/mol. The number of aromatic nitrogens is 1. The number of hydrogen-bond acceptors (Lipinski definition) is 3. The van der Waals surface area contributed by atoms with Gasteiger partial charge in [-0.25, -0.2) is 8.42 Å². The highest BCUT2D eigenvalue weighted by Gasteiger charge is 2.19. The summed E-state index contributed by atoms with van der Waals surface area (Å²) >= 11 is 6.01. The lowest BCUT2D eigenvalue weighted by molar-refractivity contribution is 0.0987. The molecule has 0 aliphatic rings. The third kappa shape index (κ3) is 3.84. The smallest absolute Gasteiger partial charge is 0.175 e. The Kier molecular flexibility index (Phi) is 5.27. The van der Waals surface area contributed by atoms with Crippen molar-refractivity contribution in [1.29, 1.82) is 0 Å². The topological polar surface area (TPSA) is 56.1 Å². The van der Waals surface area contributed by atoms with Crippen molar-refractivity contribution in [3.63, 3.8) is 0 Å². The summed E-state index contributed by atoms with van der Waals surface area (Å²) in [7, 11) is -3.34. The van der Waals surface area contributed by atoms with Gasteiger partial charge in [0.15, 0.2) is 15.6 Å². The molecule has 1 heterocycles. The maximum absolute atomic E-state index is 12.4. The van der Waals surface area contributed by atoms with Crippen LogP contribution >= 0.6 is 11.6 Å². The van der Waals surface area contributed by atoms with Crippen molar-refractivity contribution >= 4 is 27.2 Å². The molecule has 0 atom stereocenters. The van der Waals surface area contributed by atoms with E-state index in [2.05, 4.69) is 0 Å². The maximum Gasteiger partial charge on any atom is 0.175 e. The zero-order valence-corrected chi connectivity index (χ0v) is 16.9. The minimum atomic E-state index is -3.34. The molecule has 4 nitrogen and oxygen atoms in total. The summed E-state index contributed by atoms with van der Waals surface area (Å²) in [4.78, 5) is 12.6. The Bertz CT molecular complexity index is 1110. The van der Waals surface area contributed by atoms with Crippen molar-refractivity contribution in [3.05, 3.63) is 70.9 Å². The van der Waals surface area contributed by atoms with Crippen LogP contribution in [-0.4, -0.2) is 25.0 Å². The van der Waals surface area contributed by atoms with E-state index in [9.17, 15) is 13.2 Å². The molecule has 3 aromatic rings. The zero-order chi connectivity index (χ0) is 19.8. The zero-order valence-electron chi connectivity index (χ0n) is 15.4. The van der Waals surface area contributed by atoms with Crippen LogP contribution in [-0.2, 0) is 9.84 Å². The van der Waals surface area contributed by atoms with E-state index in [4.69, 9.17) is 11.6 Å². The Morgan fingerprint density at radius 1 is 1.07 bits per heavy atom. The summed E-state index contributed by atoms with van der Waals surface area (Å²) in [5, 5.41) is 0.623. The minimum absolute atomic E-state index is 0.0423.